The van der Waals surface area contributed by atoms with Gasteiger partial charge in [-0.2, -0.15) is 0 Å². The van der Waals surface area contributed by atoms with Gasteiger partial charge < -0.3 is 10.5 Å². The molecule has 0 fully saturated rings. The van der Waals surface area contributed by atoms with Gasteiger partial charge in [0.1, 0.15) is 17.4 Å². The van der Waals surface area contributed by atoms with E-state index in [4.69, 9.17) is 10.5 Å². The lowest BCUT2D eigenvalue weighted by Gasteiger charge is -2.25. The third kappa shape index (κ3) is 4.69. The molecule has 2 aromatic heterocycles. The molecule has 0 atom stereocenters. The van der Waals surface area contributed by atoms with Crippen LogP contribution in [0.1, 0.15) is 35.0 Å². The lowest BCUT2D eigenvalue weighted by Crippen LogP contribution is -2.40. The molecule has 1 amide bonds. The number of para-hydroxylation sites is 1. The number of anilines is 2. The van der Waals surface area contributed by atoms with Gasteiger partial charge in [0.2, 0.25) is 0 Å². The first-order chi connectivity index (χ1) is 16.8. The molecule has 10 heteroatoms. The number of amides is 1. The Morgan fingerprint density at radius 2 is 1.97 bits per heavy atom. The van der Waals surface area contributed by atoms with Crippen LogP contribution >= 0.6 is 11.3 Å². The summed E-state index contributed by atoms with van der Waals surface area (Å²) in [5.74, 6) is -0.585. The Hall–Kier alpha value is -3.92. The van der Waals surface area contributed by atoms with Crippen LogP contribution in [-0.4, -0.2) is 22.6 Å². The molecule has 4 rings (SSSR count). The van der Waals surface area contributed by atoms with Crippen molar-refractivity contribution < 1.29 is 13.9 Å². The third-order valence-electron chi connectivity index (χ3n) is 5.70. The number of nitrogens with zero attached hydrogens (tertiary/aromatic N) is 2. The van der Waals surface area contributed by atoms with E-state index in [0.29, 0.717) is 27.8 Å². The van der Waals surface area contributed by atoms with E-state index in [1.807, 2.05) is 6.92 Å². The monoisotopic (exact) mass is 496 g/mol. The summed E-state index contributed by atoms with van der Waals surface area (Å²) in [4.78, 5) is 43.0. The molecule has 0 saturated heterocycles. The maximum atomic E-state index is 14.3. The van der Waals surface area contributed by atoms with Crippen LogP contribution in [0.15, 0.2) is 58.1 Å². The summed E-state index contributed by atoms with van der Waals surface area (Å²) in [5.41, 5.74) is 5.39. The minimum atomic E-state index is -0.782. The number of aromatic amines is 1. The second kappa shape index (κ2) is 10.1. The molecular weight excluding hydrogens is 471 g/mol. The molecule has 0 saturated carbocycles. The van der Waals surface area contributed by atoms with Crippen molar-refractivity contribution in [2.45, 2.75) is 32.9 Å². The van der Waals surface area contributed by atoms with E-state index in [-0.39, 0.29) is 29.5 Å². The number of nitrogens with one attached hydrogen (secondary N) is 1. The van der Waals surface area contributed by atoms with Gasteiger partial charge in [-0.05, 0) is 30.7 Å². The van der Waals surface area contributed by atoms with Crippen molar-refractivity contribution in [1.82, 2.24) is 9.55 Å². The van der Waals surface area contributed by atoms with Crippen LogP contribution in [0.25, 0.3) is 10.1 Å². The van der Waals surface area contributed by atoms with Gasteiger partial charge in [-0.15, -0.1) is 11.3 Å². The number of aromatic nitrogens is 2. The van der Waals surface area contributed by atoms with Crippen LogP contribution in [0.2, 0.25) is 0 Å². The summed E-state index contributed by atoms with van der Waals surface area (Å²) in [7, 11) is 1.51. The van der Waals surface area contributed by atoms with Crippen LogP contribution in [0.3, 0.4) is 0 Å². The predicted octanol–water partition coefficient (Wildman–Crippen LogP) is 4.13. The van der Waals surface area contributed by atoms with Gasteiger partial charge in [0.25, 0.3) is 11.5 Å². The Balaban J connectivity index is 1.90. The second-order valence-electron chi connectivity index (χ2n) is 7.96. The van der Waals surface area contributed by atoms with Crippen molar-refractivity contribution in [3.63, 3.8) is 0 Å². The van der Waals surface area contributed by atoms with E-state index >= 15 is 0 Å². The number of H-pyrrole nitrogens is 1. The molecule has 35 heavy (non-hydrogen) atoms. The maximum Gasteiger partial charge on any atom is 0.330 e. The van der Waals surface area contributed by atoms with Crippen molar-refractivity contribution in [2.24, 2.45) is 0 Å². The van der Waals surface area contributed by atoms with Crippen LogP contribution in [-0.2, 0) is 13.1 Å². The molecule has 0 aliphatic rings. The minimum Gasteiger partial charge on any atom is -0.496 e. The van der Waals surface area contributed by atoms with Gasteiger partial charge in [-0.3, -0.25) is 24.0 Å². The Morgan fingerprint density at radius 3 is 2.69 bits per heavy atom. The summed E-state index contributed by atoms with van der Waals surface area (Å²) in [5, 5.41) is 0.313. The first-order valence-corrected chi connectivity index (χ1v) is 11.9. The lowest BCUT2D eigenvalue weighted by atomic mass is 10.1. The fourth-order valence-electron chi connectivity index (χ4n) is 3.90. The van der Waals surface area contributed by atoms with Gasteiger partial charge in [0.15, 0.2) is 5.69 Å². The zero-order valence-electron chi connectivity index (χ0n) is 19.3. The zero-order valence-corrected chi connectivity index (χ0v) is 20.2. The highest BCUT2D eigenvalue weighted by Gasteiger charge is 2.28. The standard InChI is InChI=1S/C25H25FN4O4S/c1-3-4-12-29-22(27)21(23(31)28-25(29)33)30(14-15-8-5-6-10-18(15)34-2)24(32)20-13-16-17(26)9-7-11-19(16)35-20/h5-11,13H,3-4,12,14,27H2,1-2H3,(H,28,31,33). The lowest BCUT2D eigenvalue weighted by molar-refractivity contribution is 0.0988. The molecule has 0 bridgehead atoms. The largest absolute Gasteiger partial charge is 0.496 e. The first-order valence-electron chi connectivity index (χ1n) is 11.1. The predicted molar refractivity (Wildman–Crippen MR) is 136 cm³/mol. The van der Waals surface area contributed by atoms with Crippen LogP contribution in [0.4, 0.5) is 15.9 Å². The van der Waals surface area contributed by atoms with E-state index in [1.165, 1.54) is 28.7 Å². The highest BCUT2D eigenvalue weighted by Crippen LogP contribution is 2.31. The Bertz CT molecular complexity index is 1510. The van der Waals surface area contributed by atoms with Crippen molar-refractivity contribution in [1.29, 1.82) is 0 Å². The Morgan fingerprint density at radius 1 is 1.20 bits per heavy atom. The molecule has 0 aliphatic heterocycles. The van der Waals surface area contributed by atoms with Crippen molar-refractivity contribution >= 4 is 38.8 Å². The second-order valence-corrected chi connectivity index (χ2v) is 9.05. The number of hydrogen-bond donors (Lipinski definition) is 2. The number of thiophene rings is 1. The molecule has 3 N–H and O–H groups in total. The number of unbranched alkanes of at least 4 members (excludes halogenated alkanes) is 1. The number of benzene rings is 2. The quantitative estimate of drug-likeness (QED) is 0.381. The number of fused-ring (bicyclic) bond motifs is 1. The first kappa shape index (κ1) is 24.2. The van der Waals surface area contributed by atoms with Gasteiger partial charge in [0, 0.05) is 22.2 Å². The number of rotatable bonds is 8. The van der Waals surface area contributed by atoms with Crippen molar-refractivity contribution in [3.05, 3.63) is 85.6 Å². The SMILES string of the molecule is CCCCn1c(N)c(N(Cc2ccccc2OC)C(=O)c2cc3c(F)cccc3s2)c(=O)[nH]c1=O. The molecule has 4 aromatic rings. The number of carbonyl (C=O) groups excluding carboxylic acids is 1. The smallest absolute Gasteiger partial charge is 0.330 e. The molecule has 0 radical (unpaired) electrons. The van der Waals surface area contributed by atoms with Crippen molar-refractivity contribution in [2.75, 3.05) is 17.7 Å². The summed E-state index contributed by atoms with van der Waals surface area (Å²) in [6.07, 6.45) is 1.46. The van der Waals surface area contributed by atoms with Crippen LogP contribution in [0, 0.1) is 5.82 Å². The normalized spacial score (nSPS) is 11.1. The number of methoxy groups -OCH3 is 1. The molecule has 182 valence electrons. The van der Waals surface area contributed by atoms with Gasteiger partial charge in [0.05, 0.1) is 18.5 Å². The number of ether oxygens (including phenoxy) is 1. The fraction of sp³-hybridized carbons (Fsp3) is 0.240. The van der Waals surface area contributed by atoms with E-state index in [0.717, 1.165) is 17.8 Å². The number of halogens is 1. The fourth-order valence-corrected chi connectivity index (χ4v) is 4.92. The molecule has 2 aromatic carbocycles. The summed E-state index contributed by atoms with van der Waals surface area (Å²) < 4.78 is 21.6. The molecule has 2 heterocycles. The van der Waals surface area contributed by atoms with Gasteiger partial charge in [-0.25, -0.2) is 9.18 Å². The third-order valence-corrected chi connectivity index (χ3v) is 6.79. The number of carbonyl (C=O) groups is 1. The molecule has 0 spiro atoms. The Kier molecular flexibility index (Phi) is 7.02. The summed E-state index contributed by atoms with van der Waals surface area (Å²) in [6, 6.07) is 13.1. The van der Waals surface area contributed by atoms with Gasteiger partial charge >= 0.3 is 5.69 Å². The molecule has 8 nitrogen and oxygen atoms in total. The van der Waals surface area contributed by atoms with Crippen LogP contribution in [0.5, 0.6) is 5.75 Å². The summed E-state index contributed by atoms with van der Waals surface area (Å²) in [6.45, 7) is 2.19. The molecule has 0 aliphatic carbocycles. The molecular formula is C25H25FN4O4S. The highest BCUT2D eigenvalue weighted by atomic mass is 32.1. The molecule has 0 unspecified atom stereocenters. The topological polar surface area (TPSA) is 110 Å². The maximum absolute atomic E-state index is 14.3. The number of hydrogen-bond acceptors (Lipinski definition) is 6. The highest BCUT2D eigenvalue weighted by molar-refractivity contribution is 7.20. The number of nitrogen functional groups attached to an aromatic ring is 1. The van der Waals surface area contributed by atoms with Crippen molar-refractivity contribution in [3.8, 4) is 5.75 Å². The van der Waals surface area contributed by atoms with Crippen LogP contribution < -0.4 is 26.6 Å². The van der Waals surface area contributed by atoms with E-state index in [1.54, 1.807) is 36.4 Å². The summed E-state index contributed by atoms with van der Waals surface area (Å²) >= 11 is 1.11. The zero-order chi connectivity index (χ0) is 25.1. The van der Waals surface area contributed by atoms with E-state index in [9.17, 15) is 18.8 Å². The number of nitrogens with two attached hydrogens (primary N) is 1. The minimum absolute atomic E-state index is 0.0567. The van der Waals surface area contributed by atoms with E-state index < -0.39 is 23.0 Å². The van der Waals surface area contributed by atoms with Gasteiger partial charge in [-0.1, -0.05) is 37.6 Å². The average Bonchev–Trinajstić information content (AvgIpc) is 3.29. The van der Waals surface area contributed by atoms with E-state index in [2.05, 4.69) is 4.98 Å². The average molecular weight is 497 g/mol. The Labute approximate surface area is 204 Å².